The summed E-state index contributed by atoms with van der Waals surface area (Å²) in [6.45, 7) is 3.85. The summed E-state index contributed by atoms with van der Waals surface area (Å²) in [5, 5.41) is 7.01. The molecule has 7 heteroatoms. The first-order valence-corrected chi connectivity index (χ1v) is 7.49. The third kappa shape index (κ3) is 3.53. The average Bonchev–Trinajstić information content (AvgIpc) is 2.83. The van der Waals surface area contributed by atoms with Gasteiger partial charge < -0.3 is 10.1 Å². The molecule has 2 aromatic rings. The molecule has 122 valence electrons. The molecular weight excluding hydrogens is 318 g/mol. The quantitative estimate of drug-likeness (QED) is 0.688. The van der Waals surface area contributed by atoms with E-state index in [2.05, 4.69) is 10.4 Å². The third-order valence-corrected chi connectivity index (χ3v) is 3.74. The molecule has 1 aromatic heterocycles. The van der Waals surface area contributed by atoms with Gasteiger partial charge in [0.2, 0.25) is 0 Å². The highest BCUT2D eigenvalue weighted by Gasteiger charge is 2.25. The first-order valence-electron chi connectivity index (χ1n) is 7.11. The fourth-order valence-electron chi connectivity index (χ4n) is 2.09. The van der Waals surface area contributed by atoms with Gasteiger partial charge in [-0.05, 0) is 30.2 Å². The van der Waals surface area contributed by atoms with Crippen LogP contribution in [-0.4, -0.2) is 28.7 Å². The highest BCUT2D eigenvalue weighted by atomic mass is 35.5. The summed E-state index contributed by atoms with van der Waals surface area (Å²) in [5.74, 6) is -0.413. The smallest absolute Gasteiger partial charge is 0.348 e. The summed E-state index contributed by atoms with van der Waals surface area (Å²) in [4.78, 5) is 23.9. The molecular formula is C16H18ClN3O3. The number of aryl methyl sites for hydroxylation is 1. The molecule has 0 aliphatic heterocycles. The Hall–Kier alpha value is -2.34. The number of ether oxygens (including phenoxy) is 1. The molecule has 23 heavy (non-hydrogen) atoms. The minimum Gasteiger partial charge on any atom is -0.423 e. The van der Waals surface area contributed by atoms with Gasteiger partial charge >= 0.3 is 5.97 Å². The summed E-state index contributed by atoms with van der Waals surface area (Å²) >= 11 is 6.15. The van der Waals surface area contributed by atoms with Gasteiger partial charge in [-0.15, -0.1) is 0 Å². The van der Waals surface area contributed by atoms with Crippen molar-refractivity contribution in [2.24, 2.45) is 7.05 Å². The van der Waals surface area contributed by atoms with Crippen LogP contribution in [0.1, 0.15) is 46.2 Å². The molecule has 0 aliphatic rings. The lowest BCUT2D eigenvalue weighted by Gasteiger charge is -2.07. The Morgan fingerprint density at radius 3 is 2.39 bits per heavy atom. The molecule has 0 spiro atoms. The fraction of sp³-hybridized carbons (Fsp3) is 0.312. The van der Waals surface area contributed by atoms with E-state index in [9.17, 15) is 9.59 Å². The molecule has 6 nitrogen and oxygen atoms in total. The van der Waals surface area contributed by atoms with E-state index in [0.717, 1.165) is 0 Å². The molecule has 0 saturated heterocycles. The van der Waals surface area contributed by atoms with Gasteiger partial charge in [-0.3, -0.25) is 9.48 Å². The van der Waals surface area contributed by atoms with Crippen molar-refractivity contribution in [3.8, 4) is 5.75 Å². The predicted octanol–water partition coefficient (Wildman–Crippen LogP) is 2.78. The van der Waals surface area contributed by atoms with Crippen LogP contribution in [-0.2, 0) is 7.05 Å². The molecule has 0 fully saturated rings. The van der Waals surface area contributed by atoms with Crippen molar-refractivity contribution in [3.63, 3.8) is 0 Å². The number of aromatic nitrogens is 2. The Morgan fingerprint density at radius 2 is 1.87 bits per heavy atom. The maximum atomic E-state index is 12.4. The molecule has 1 amide bonds. The number of nitrogens with one attached hydrogen (secondary N) is 1. The van der Waals surface area contributed by atoms with Crippen LogP contribution in [0, 0.1) is 0 Å². The number of carbonyl (C=O) groups is 2. The van der Waals surface area contributed by atoms with Crippen molar-refractivity contribution in [1.29, 1.82) is 0 Å². The summed E-state index contributed by atoms with van der Waals surface area (Å²) in [5.41, 5.74) is 1.33. The second-order valence-electron chi connectivity index (χ2n) is 5.32. The van der Waals surface area contributed by atoms with E-state index in [-0.39, 0.29) is 22.5 Å². The van der Waals surface area contributed by atoms with Gasteiger partial charge in [0.25, 0.3) is 5.91 Å². The van der Waals surface area contributed by atoms with E-state index in [1.807, 2.05) is 13.8 Å². The Bertz CT molecular complexity index is 736. The Morgan fingerprint density at radius 1 is 1.26 bits per heavy atom. The van der Waals surface area contributed by atoms with Gasteiger partial charge in [-0.2, -0.15) is 5.10 Å². The zero-order chi connectivity index (χ0) is 17.1. The Balaban J connectivity index is 2.24. The normalized spacial score (nSPS) is 10.7. The number of hydrogen-bond acceptors (Lipinski definition) is 4. The summed E-state index contributed by atoms with van der Waals surface area (Å²) in [6.07, 6.45) is 0. The van der Waals surface area contributed by atoms with Gasteiger partial charge in [0.15, 0.2) is 0 Å². The highest BCUT2D eigenvalue weighted by Crippen LogP contribution is 2.26. The molecule has 0 bridgehead atoms. The fourth-order valence-corrected chi connectivity index (χ4v) is 2.30. The van der Waals surface area contributed by atoms with E-state index in [1.165, 1.54) is 4.68 Å². The minimum atomic E-state index is -0.570. The van der Waals surface area contributed by atoms with Crippen LogP contribution in [0.4, 0.5) is 0 Å². The van der Waals surface area contributed by atoms with Crippen molar-refractivity contribution in [3.05, 3.63) is 46.2 Å². The molecule has 0 saturated carbocycles. The molecule has 1 aromatic carbocycles. The second-order valence-corrected chi connectivity index (χ2v) is 5.68. The van der Waals surface area contributed by atoms with Crippen molar-refractivity contribution in [2.45, 2.75) is 19.8 Å². The highest BCUT2D eigenvalue weighted by molar-refractivity contribution is 6.32. The Kier molecular flexibility index (Phi) is 5.05. The maximum Gasteiger partial charge on any atom is 0.348 e. The molecule has 0 unspecified atom stereocenters. The van der Waals surface area contributed by atoms with Crippen LogP contribution in [0.3, 0.4) is 0 Å². The second kappa shape index (κ2) is 6.83. The maximum absolute atomic E-state index is 12.4. The van der Waals surface area contributed by atoms with E-state index < -0.39 is 5.97 Å². The van der Waals surface area contributed by atoms with Crippen molar-refractivity contribution >= 4 is 23.5 Å². The third-order valence-electron chi connectivity index (χ3n) is 3.31. The average molecular weight is 336 g/mol. The number of rotatable bonds is 4. The minimum absolute atomic E-state index is 0.0341. The monoisotopic (exact) mass is 335 g/mol. The van der Waals surface area contributed by atoms with Crippen LogP contribution in [0.2, 0.25) is 5.15 Å². The van der Waals surface area contributed by atoms with Crippen molar-refractivity contribution < 1.29 is 14.3 Å². The standard InChI is InChI=1S/C16H18ClN3O3/c1-9(2)13-12(14(17)20(4)19-13)16(22)23-11-7-5-10(6-8-11)15(21)18-3/h5-9H,1-4H3,(H,18,21). The van der Waals surface area contributed by atoms with Crippen LogP contribution in [0.15, 0.2) is 24.3 Å². The number of amides is 1. The van der Waals surface area contributed by atoms with E-state index in [0.29, 0.717) is 17.0 Å². The summed E-state index contributed by atoms with van der Waals surface area (Å²) in [6, 6.07) is 6.27. The predicted molar refractivity (Wildman–Crippen MR) is 87.1 cm³/mol. The van der Waals surface area contributed by atoms with E-state index in [1.54, 1.807) is 38.4 Å². The molecule has 0 aliphatic carbocycles. The van der Waals surface area contributed by atoms with Gasteiger partial charge in [-0.1, -0.05) is 25.4 Å². The lowest BCUT2D eigenvalue weighted by atomic mass is 10.1. The zero-order valence-corrected chi connectivity index (χ0v) is 14.1. The number of carbonyl (C=O) groups excluding carboxylic acids is 2. The molecule has 0 radical (unpaired) electrons. The SMILES string of the molecule is CNC(=O)c1ccc(OC(=O)c2c(C(C)C)nn(C)c2Cl)cc1. The van der Waals surface area contributed by atoms with Crippen LogP contribution < -0.4 is 10.1 Å². The van der Waals surface area contributed by atoms with Gasteiger partial charge in [0.05, 0.1) is 5.69 Å². The van der Waals surface area contributed by atoms with Crippen molar-refractivity contribution in [2.75, 3.05) is 7.05 Å². The van der Waals surface area contributed by atoms with Gasteiger partial charge in [0, 0.05) is 19.7 Å². The molecule has 1 heterocycles. The topological polar surface area (TPSA) is 73.2 Å². The first-order chi connectivity index (χ1) is 10.8. The number of esters is 1. The summed E-state index contributed by atoms with van der Waals surface area (Å²) in [7, 11) is 3.22. The largest absolute Gasteiger partial charge is 0.423 e. The summed E-state index contributed by atoms with van der Waals surface area (Å²) < 4.78 is 6.79. The Labute approximate surface area is 139 Å². The van der Waals surface area contributed by atoms with Crippen LogP contribution >= 0.6 is 11.6 Å². The lowest BCUT2D eigenvalue weighted by Crippen LogP contribution is -2.17. The van der Waals surface area contributed by atoms with Crippen LogP contribution in [0.25, 0.3) is 0 Å². The van der Waals surface area contributed by atoms with Crippen LogP contribution in [0.5, 0.6) is 5.75 Å². The molecule has 2 rings (SSSR count). The molecule has 0 atom stereocenters. The van der Waals surface area contributed by atoms with Gasteiger partial charge in [-0.25, -0.2) is 4.79 Å². The van der Waals surface area contributed by atoms with Crippen molar-refractivity contribution in [1.82, 2.24) is 15.1 Å². The number of halogens is 1. The molecule has 1 N–H and O–H groups in total. The van der Waals surface area contributed by atoms with E-state index >= 15 is 0 Å². The lowest BCUT2D eigenvalue weighted by molar-refractivity contribution is 0.0733. The van der Waals surface area contributed by atoms with E-state index in [4.69, 9.17) is 16.3 Å². The number of nitrogens with zero attached hydrogens (tertiary/aromatic N) is 2. The number of benzene rings is 1. The first kappa shape index (κ1) is 17.0. The zero-order valence-electron chi connectivity index (χ0n) is 13.4. The number of hydrogen-bond donors (Lipinski definition) is 1. The van der Waals surface area contributed by atoms with Gasteiger partial charge in [0.1, 0.15) is 16.5 Å².